The van der Waals surface area contributed by atoms with E-state index in [0.717, 1.165) is 21.6 Å². The Kier molecular flexibility index (Phi) is 6.43. The number of aromatic carboxylic acids is 2. The second-order valence-corrected chi connectivity index (χ2v) is 9.24. The number of nitrogens with two attached hydrogens (primary N) is 1. The molecule has 4 aromatic rings. The van der Waals surface area contributed by atoms with Gasteiger partial charge in [0.15, 0.2) is 5.69 Å². The molecule has 2 aromatic heterocycles. The minimum Gasteiger partial charge on any atom is -0.493 e. The number of amides is 1. The van der Waals surface area contributed by atoms with Crippen molar-refractivity contribution in [1.29, 1.82) is 0 Å². The summed E-state index contributed by atoms with van der Waals surface area (Å²) in [6.45, 7) is 0.779. The lowest BCUT2D eigenvalue weighted by molar-refractivity contribution is 0.0685. The fourth-order valence-corrected chi connectivity index (χ4v) is 5.18. The Labute approximate surface area is 215 Å². The second-order valence-electron chi connectivity index (χ2n) is 8.33. The summed E-state index contributed by atoms with van der Waals surface area (Å²) in [5, 5.41) is 24.0. The van der Waals surface area contributed by atoms with Gasteiger partial charge in [-0.25, -0.2) is 14.6 Å². The number of carboxylic acid groups (broad SMARTS) is 2. The van der Waals surface area contributed by atoms with Crippen LogP contribution in [0.5, 0.6) is 5.75 Å². The highest BCUT2D eigenvalue weighted by Crippen LogP contribution is 2.43. The third-order valence-electron chi connectivity index (χ3n) is 6.04. The number of rotatable bonds is 6. The van der Waals surface area contributed by atoms with Crippen LogP contribution in [0.25, 0.3) is 21.6 Å². The Bertz CT molecular complexity index is 1540. The number of aromatic nitrogens is 1. The van der Waals surface area contributed by atoms with E-state index in [1.54, 1.807) is 36.4 Å². The van der Waals surface area contributed by atoms with Gasteiger partial charge in [0.1, 0.15) is 11.4 Å². The van der Waals surface area contributed by atoms with E-state index in [0.29, 0.717) is 31.0 Å². The number of carbonyl (C=O) groups excluding carboxylic acids is 1. The summed E-state index contributed by atoms with van der Waals surface area (Å²) in [4.78, 5) is 41.9. The first kappa shape index (κ1) is 24.2. The molecule has 1 amide bonds. The van der Waals surface area contributed by atoms with E-state index in [-0.39, 0.29) is 16.7 Å². The lowest BCUT2D eigenvalue weighted by atomic mass is 9.93. The number of hydrogen-bond acceptors (Lipinski definition) is 7. The lowest BCUT2D eigenvalue weighted by Crippen LogP contribution is -2.15. The topological polar surface area (TPSA) is 152 Å². The van der Waals surface area contributed by atoms with Gasteiger partial charge in [-0.2, -0.15) is 0 Å². The Morgan fingerprint density at radius 3 is 2.46 bits per heavy atom. The monoisotopic (exact) mass is 515 g/mol. The van der Waals surface area contributed by atoms with Crippen molar-refractivity contribution >= 4 is 34.9 Å². The Morgan fingerprint density at radius 2 is 1.76 bits per heavy atom. The van der Waals surface area contributed by atoms with Gasteiger partial charge in [-0.05, 0) is 59.0 Å². The van der Waals surface area contributed by atoms with E-state index in [9.17, 15) is 24.6 Å². The van der Waals surface area contributed by atoms with Gasteiger partial charge < -0.3 is 26.0 Å². The molecule has 0 spiro atoms. The van der Waals surface area contributed by atoms with Crippen LogP contribution in [0.3, 0.4) is 0 Å². The molecule has 0 fully saturated rings. The zero-order valence-corrected chi connectivity index (χ0v) is 20.2. The molecule has 3 heterocycles. The van der Waals surface area contributed by atoms with Crippen LogP contribution < -0.4 is 15.8 Å². The largest absolute Gasteiger partial charge is 0.493 e. The number of hydrogen-bond donors (Lipinski definition) is 4. The average molecular weight is 516 g/mol. The van der Waals surface area contributed by atoms with Gasteiger partial charge in [-0.15, -0.1) is 11.3 Å². The van der Waals surface area contributed by atoms with Gasteiger partial charge in [0.25, 0.3) is 5.91 Å². The third kappa shape index (κ3) is 4.67. The quantitative estimate of drug-likeness (QED) is 0.293. The van der Waals surface area contributed by atoms with Crippen molar-refractivity contribution in [2.45, 2.75) is 13.0 Å². The first-order valence-electron chi connectivity index (χ1n) is 11.3. The Hall–Kier alpha value is -4.54. The molecule has 0 saturated heterocycles. The van der Waals surface area contributed by atoms with E-state index >= 15 is 0 Å². The lowest BCUT2D eigenvalue weighted by Gasteiger charge is -2.17. The maximum Gasteiger partial charge on any atom is 0.355 e. The molecule has 2 aromatic carbocycles. The van der Waals surface area contributed by atoms with Crippen LogP contribution in [0.1, 0.15) is 42.5 Å². The normalized spacial score (nSPS) is 12.0. The third-order valence-corrected chi connectivity index (χ3v) is 7.03. The van der Waals surface area contributed by atoms with E-state index in [1.807, 2.05) is 11.4 Å². The van der Waals surface area contributed by atoms with Crippen molar-refractivity contribution in [2.24, 2.45) is 5.73 Å². The highest BCUT2D eigenvalue weighted by atomic mass is 32.1. The predicted molar refractivity (Wildman–Crippen MR) is 138 cm³/mol. The molecule has 1 aliphatic rings. The number of pyridine rings is 1. The van der Waals surface area contributed by atoms with Crippen LogP contribution >= 0.6 is 11.3 Å². The molecule has 37 heavy (non-hydrogen) atoms. The van der Waals surface area contributed by atoms with Crippen LogP contribution in [0.2, 0.25) is 0 Å². The fourth-order valence-electron chi connectivity index (χ4n) is 4.21. The molecule has 0 saturated carbocycles. The summed E-state index contributed by atoms with van der Waals surface area (Å²) >= 11 is 1.53. The SMILES string of the molecule is NCc1ccc(NC(=O)c2cc3c(cc2-c2ccc(C(=O)O)nc2C(=O)O)OCCc2ccsc2-3)cc1. The van der Waals surface area contributed by atoms with Gasteiger partial charge >= 0.3 is 11.9 Å². The zero-order chi connectivity index (χ0) is 26.1. The number of nitrogens with one attached hydrogen (secondary N) is 1. The number of fused-ring (bicyclic) bond motifs is 3. The molecule has 0 radical (unpaired) electrons. The summed E-state index contributed by atoms with van der Waals surface area (Å²) in [7, 11) is 0. The van der Waals surface area contributed by atoms with Crippen molar-refractivity contribution < 1.29 is 29.3 Å². The predicted octanol–water partition coefficient (Wildman–Crippen LogP) is 4.52. The molecule has 0 unspecified atom stereocenters. The van der Waals surface area contributed by atoms with E-state index < -0.39 is 29.2 Å². The maximum atomic E-state index is 13.6. The van der Waals surface area contributed by atoms with Crippen molar-refractivity contribution in [2.75, 3.05) is 11.9 Å². The molecule has 186 valence electrons. The number of nitrogens with zero attached hydrogens (tertiary/aromatic N) is 1. The molecule has 5 N–H and O–H groups in total. The maximum absolute atomic E-state index is 13.6. The highest BCUT2D eigenvalue weighted by Gasteiger charge is 2.26. The van der Waals surface area contributed by atoms with Gasteiger partial charge in [-0.1, -0.05) is 12.1 Å². The summed E-state index contributed by atoms with van der Waals surface area (Å²) < 4.78 is 5.99. The van der Waals surface area contributed by atoms with Crippen LogP contribution in [0, 0.1) is 0 Å². The van der Waals surface area contributed by atoms with Crippen molar-refractivity contribution in [3.8, 4) is 27.3 Å². The minimum absolute atomic E-state index is 0.100. The number of carbonyl (C=O) groups is 3. The molecule has 9 nitrogen and oxygen atoms in total. The molecular weight excluding hydrogens is 494 g/mol. The number of ether oxygens (including phenoxy) is 1. The van der Waals surface area contributed by atoms with Crippen molar-refractivity contribution in [3.63, 3.8) is 0 Å². The Morgan fingerprint density at radius 1 is 0.973 bits per heavy atom. The first-order chi connectivity index (χ1) is 17.9. The Balaban J connectivity index is 1.69. The van der Waals surface area contributed by atoms with Crippen LogP contribution in [-0.4, -0.2) is 39.6 Å². The van der Waals surface area contributed by atoms with E-state index in [2.05, 4.69) is 10.3 Å². The van der Waals surface area contributed by atoms with Crippen molar-refractivity contribution in [1.82, 2.24) is 4.98 Å². The average Bonchev–Trinajstić information content (AvgIpc) is 3.29. The van der Waals surface area contributed by atoms with Gasteiger partial charge in [0, 0.05) is 45.8 Å². The molecule has 5 rings (SSSR count). The summed E-state index contributed by atoms with van der Waals surface area (Å²) in [6.07, 6.45) is 0.688. The van der Waals surface area contributed by atoms with E-state index in [1.165, 1.54) is 23.5 Å². The summed E-state index contributed by atoms with van der Waals surface area (Å²) in [5.74, 6) is -2.75. The number of benzene rings is 2. The number of thiophene rings is 1. The van der Waals surface area contributed by atoms with Crippen molar-refractivity contribution in [3.05, 3.63) is 88.1 Å². The molecular formula is C27H21N3O6S. The summed E-state index contributed by atoms with van der Waals surface area (Å²) in [5.41, 5.74) is 8.58. The van der Waals surface area contributed by atoms with Crippen LogP contribution in [0.4, 0.5) is 5.69 Å². The van der Waals surface area contributed by atoms with Gasteiger partial charge in [0.2, 0.25) is 0 Å². The molecule has 0 aliphatic carbocycles. The molecule has 1 aliphatic heterocycles. The van der Waals surface area contributed by atoms with Gasteiger partial charge in [0.05, 0.1) is 6.61 Å². The minimum atomic E-state index is -1.42. The highest BCUT2D eigenvalue weighted by molar-refractivity contribution is 7.13. The zero-order valence-electron chi connectivity index (χ0n) is 19.4. The molecule has 0 bridgehead atoms. The molecule has 0 atom stereocenters. The fraction of sp³-hybridized carbons (Fsp3) is 0.111. The second kappa shape index (κ2) is 9.84. The van der Waals surface area contributed by atoms with Crippen LogP contribution in [-0.2, 0) is 13.0 Å². The smallest absolute Gasteiger partial charge is 0.355 e. The summed E-state index contributed by atoms with van der Waals surface area (Å²) in [6, 6.07) is 15.0. The number of anilines is 1. The van der Waals surface area contributed by atoms with Crippen LogP contribution in [0.15, 0.2) is 60.0 Å². The standard InChI is InChI=1S/C27H21N3O6S/c28-13-14-1-3-16(4-2-14)29-25(31)19-11-20-22(36-9-7-15-8-10-37-24(15)20)12-18(19)17-5-6-21(26(32)33)30-23(17)27(34)35/h1-6,8,10-12H,7,9,13,28H2,(H,29,31)(H,32,33)(H,34,35). The van der Waals surface area contributed by atoms with E-state index in [4.69, 9.17) is 10.5 Å². The van der Waals surface area contributed by atoms with Gasteiger partial charge in [-0.3, -0.25) is 4.79 Å². The first-order valence-corrected chi connectivity index (χ1v) is 12.2. The number of carboxylic acids is 2. The molecule has 10 heteroatoms.